The summed E-state index contributed by atoms with van der Waals surface area (Å²) in [6.07, 6.45) is 5.66. The molecule has 0 aromatic heterocycles. The second kappa shape index (κ2) is 7.63. The quantitative estimate of drug-likeness (QED) is 0.511. The predicted molar refractivity (Wildman–Crippen MR) is 64.2 cm³/mol. The molecule has 1 aliphatic rings. The number of amides is 1. The van der Waals surface area contributed by atoms with Crippen molar-refractivity contribution in [2.24, 2.45) is 0 Å². The van der Waals surface area contributed by atoms with Crippen molar-refractivity contribution >= 4 is 5.91 Å². The highest BCUT2D eigenvalue weighted by Crippen LogP contribution is 2.18. The summed E-state index contributed by atoms with van der Waals surface area (Å²) in [5.41, 5.74) is 0. The van der Waals surface area contributed by atoms with E-state index in [9.17, 15) is 4.79 Å². The summed E-state index contributed by atoms with van der Waals surface area (Å²) in [7, 11) is 0. The summed E-state index contributed by atoms with van der Waals surface area (Å²) in [6, 6.07) is 0.905. The van der Waals surface area contributed by atoms with E-state index >= 15 is 0 Å². The highest BCUT2D eigenvalue weighted by molar-refractivity contribution is 5.76. The van der Waals surface area contributed by atoms with E-state index in [2.05, 4.69) is 17.6 Å². The molecule has 0 aromatic rings. The standard InChI is InChI=1S/C12H24N2O2/c1-10(4-3-9-15)13-8-2-5-12(16)14-11-6-7-11/h10-11,13,15H,2-9H2,1H3,(H,14,16). The Morgan fingerprint density at radius 1 is 1.44 bits per heavy atom. The van der Waals surface area contributed by atoms with Crippen LogP contribution in [-0.2, 0) is 4.79 Å². The molecule has 1 unspecified atom stereocenters. The van der Waals surface area contributed by atoms with Crippen molar-refractivity contribution in [2.45, 2.75) is 57.5 Å². The molecule has 1 fully saturated rings. The molecular weight excluding hydrogens is 204 g/mol. The highest BCUT2D eigenvalue weighted by Gasteiger charge is 2.22. The number of hydrogen-bond donors (Lipinski definition) is 3. The van der Waals surface area contributed by atoms with Crippen molar-refractivity contribution in [3.63, 3.8) is 0 Å². The molecule has 16 heavy (non-hydrogen) atoms. The Bertz CT molecular complexity index is 205. The molecule has 4 heteroatoms. The topological polar surface area (TPSA) is 61.4 Å². The van der Waals surface area contributed by atoms with Crippen LogP contribution < -0.4 is 10.6 Å². The van der Waals surface area contributed by atoms with Gasteiger partial charge in [-0.3, -0.25) is 4.79 Å². The van der Waals surface area contributed by atoms with Crippen LogP contribution in [0.3, 0.4) is 0 Å². The first-order valence-electron chi connectivity index (χ1n) is 6.36. The smallest absolute Gasteiger partial charge is 0.220 e. The Morgan fingerprint density at radius 2 is 2.19 bits per heavy atom. The molecule has 1 amide bonds. The Morgan fingerprint density at radius 3 is 2.81 bits per heavy atom. The van der Waals surface area contributed by atoms with Gasteiger partial charge in [-0.2, -0.15) is 0 Å². The minimum absolute atomic E-state index is 0.187. The minimum atomic E-state index is 0.187. The van der Waals surface area contributed by atoms with Crippen LogP contribution in [0.2, 0.25) is 0 Å². The first kappa shape index (κ1) is 13.5. The maximum Gasteiger partial charge on any atom is 0.220 e. The first-order valence-corrected chi connectivity index (χ1v) is 6.36. The zero-order chi connectivity index (χ0) is 11.8. The molecular formula is C12H24N2O2. The number of aliphatic hydroxyl groups excluding tert-OH is 1. The highest BCUT2D eigenvalue weighted by atomic mass is 16.2. The number of carbonyl (C=O) groups excluding carboxylic acids is 1. The maximum absolute atomic E-state index is 11.3. The average Bonchev–Trinajstić information content (AvgIpc) is 3.05. The van der Waals surface area contributed by atoms with Gasteiger partial charge in [-0.1, -0.05) is 0 Å². The Balaban J connectivity index is 1.87. The Hall–Kier alpha value is -0.610. The lowest BCUT2D eigenvalue weighted by molar-refractivity contribution is -0.121. The lowest BCUT2D eigenvalue weighted by Gasteiger charge is -2.12. The van der Waals surface area contributed by atoms with Crippen molar-refractivity contribution < 1.29 is 9.90 Å². The van der Waals surface area contributed by atoms with E-state index in [0.717, 1.165) is 38.6 Å². The first-order chi connectivity index (χ1) is 7.72. The van der Waals surface area contributed by atoms with Crippen LogP contribution >= 0.6 is 0 Å². The summed E-state index contributed by atoms with van der Waals surface area (Å²) < 4.78 is 0. The molecule has 0 bridgehead atoms. The molecule has 0 spiro atoms. The van der Waals surface area contributed by atoms with Gasteiger partial charge in [-0.05, 0) is 45.6 Å². The summed E-state index contributed by atoms with van der Waals surface area (Å²) in [5, 5.41) is 15.0. The fourth-order valence-corrected chi connectivity index (χ4v) is 1.62. The summed E-state index contributed by atoms with van der Waals surface area (Å²) in [4.78, 5) is 11.3. The van der Waals surface area contributed by atoms with Gasteiger partial charge in [0.25, 0.3) is 0 Å². The second-order valence-electron chi connectivity index (χ2n) is 4.67. The van der Waals surface area contributed by atoms with Crippen molar-refractivity contribution in [3.8, 4) is 0 Å². The summed E-state index contributed by atoms with van der Waals surface area (Å²) >= 11 is 0. The van der Waals surface area contributed by atoms with Crippen LogP contribution in [0.15, 0.2) is 0 Å². The van der Waals surface area contributed by atoms with Crippen LogP contribution in [0.1, 0.15) is 45.4 Å². The van der Waals surface area contributed by atoms with Crippen LogP contribution in [0.5, 0.6) is 0 Å². The van der Waals surface area contributed by atoms with Crippen LogP contribution in [0.4, 0.5) is 0 Å². The maximum atomic E-state index is 11.3. The van der Waals surface area contributed by atoms with Gasteiger partial charge in [0.1, 0.15) is 0 Å². The van der Waals surface area contributed by atoms with E-state index < -0.39 is 0 Å². The van der Waals surface area contributed by atoms with E-state index in [4.69, 9.17) is 5.11 Å². The molecule has 4 nitrogen and oxygen atoms in total. The minimum Gasteiger partial charge on any atom is -0.396 e. The van der Waals surface area contributed by atoms with Crippen LogP contribution in [-0.4, -0.2) is 36.2 Å². The van der Waals surface area contributed by atoms with E-state index in [-0.39, 0.29) is 12.5 Å². The Kier molecular flexibility index (Phi) is 6.42. The van der Waals surface area contributed by atoms with E-state index in [0.29, 0.717) is 18.5 Å². The van der Waals surface area contributed by atoms with Crippen LogP contribution in [0, 0.1) is 0 Å². The molecule has 0 radical (unpaired) electrons. The zero-order valence-electron chi connectivity index (χ0n) is 10.2. The fraction of sp³-hybridized carbons (Fsp3) is 0.917. The van der Waals surface area contributed by atoms with Crippen molar-refractivity contribution in [2.75, 3.05) is 13.2 Å². The van der Waals surface area contributed by atoms with Gasteiger partial charge in [0.05, 0.1) is 0 Å². The number of carbonyl (C=O) groups is 1. The molecule has 1 rings (SSSR count). The van der Waals surface area contributed by atoms with E-state index in [1.165, 1.54) is 0 Å². The molecule has 94 valence electrons. The monoisotopic (exact) mass is 228 g/mol. The number of rotatable bonds is 9. The third-order valence-electron chi connectivity index (χ3n) is 2.81. The van der Waals surface area contributed by atoms with E-state index in [1.807, 2.05) is 0 Å². The molecule has 0 aromatic carbocycles. The third-order valence-corrected chi connectivity index (χ3v) is 2.81. The van der Waals surface area contributed by atoms with Crippen LogP contribution in [0.25, 0.3) is 0 Å². The van der Waals surface area contributed by atoms with Gasteiger partial charge in [-0.25, -0.2) is 0 Å². The van der Waals surface area contributed by atoms with Gasteiger partial charge in [0.2, 0.25) is 5.91 Å². The largest absolute Gasteiger partial charge is 0.396 e. The van der Waals surface area contributed by atoms with Crippen molar-refractivity contribution in [1.82, 2.24) is 10.6 Å². The zero-order valence-corrected chi connectivity index (χ0v) is 10.2. The SMILES string of the molecule is CC(CCCO)NCCCC(=O)NC1CC1. The molecule has 0 saturated heterocycles. The second-order valence-corrected chi connectivity index (χ2v) is 4.67. The molecule has 0 aliphatic heterocycles. The van der Waals surface area contributed by atoms with Gasteiger partial charge < -0.3 is 15.7 Å². The normalized spacial score (nSPS) is 17.1. The van der Waals surface area contributed by atoms with Gasteiger partial charge >= 0.3 is 0 Å². The van der Waals surface area contributed by atoms with E-state index in [1.54, 1.807) is 0 Å². The number of nitrogens with one attached hydrogen (secondary N) is 2. The number of aliphatic hydroxyl groups is 1. The number of hydrogen-bond acceptors (Lipinski definition) is 3. The van der Waals surface area contributed by atoms with Crippen molar-refractivity contribution in [1.29, 1.82) is 0 Å². The molecule has 1 aliphatic carbocycles. The third kappa shape index (κ3) is 6.80. The molecule has 0 heterocycles. The fourth-order valence-electron chi connectivity index (χ4n) is 1.62. The molecule has 3 N–H and O–H groups in total. The Labute approximate surface area is 97.8 Å². The van der Waals surface area contributed by atoms with Crippen molar-refractivity contribution in [3.05, 3.63) is 0 Å². The molecule has 1 saturated carbocycles. The lowest BCUT2D eigenvalue weighted by Crippen LogP contribution is -2.29. The summed E-state index contributed by atoms with van der Waals surface area (Å²) in [5.74, 6) is 0.187. The lowest BCUT2D eigenvalue weighted by atomic mass is 10.2. The molecule has 1 atom stereocenters. The summed E-state index contributed by atoms with van der Waals surface area (Å²) in [6.45, 7) is 3.25. The van der Waals surface area contributed by atoms with Gasteiger partial charge in [0.15, 0.2) is 0 Å². The predicted octanol–water partition coefficient (Wildman–Crippen LogP) is 0.796. The average molecular weight is 228 g/mol. The van der Waals surface area contributed by atoms with Gasteiger partial charge in [0, 0.05) is 25.1 Å². The van der Waals surface area contributed by atoms with Gasteiger partial charge in [-0.15, -0.1) is 0 Å².